The lowest BCUT2D eigenvalue weighted by Gasteiger charge is -2.23. The van der Waals surface area contributed by atoms with E-state index in [2.05, 4.69) is 41.2 Å². The number of hydrogen-bond acceptors (Lipinski definition) is 4. The molecule has 0 bridgehead atoms. The highest BCUT2D eigenvalue weighted by atomic mass is 32.1. The van der Waals surface area contributed by atoms with Gasteiger partial charge < -0.3 is 9.80 Å². The molecule has 1 fully saturated rings. The number of para-hydroxylation sites is 1. The third kappa shape index (κ3) is 3.45. The molecule has 0 saturated carbocycles. The van der Waals surface area contributed by atoms with E-state index in [-0.39, 0.29) is 5.56 Å². The molecule has 5 nitrogen and oxygen atoms in total. The van der Waals surface area contributed by atoms with Gasteiger partial charge in [0, 0.05) is 42.0 Å². The van der Waals surface area contributed by atoms with Crippen LogP contribution in [0.3, 0.4) is 0 Å². The van der Waals surface area contributed by atoms with Gasteiger partial charge in [0.25, 0.3) is 5.56 Å². The lowest BCUT2D eigenvalue weighted by molar-refractivity contribution is -0.908. The number of nitrogens with one attached hydrogen (secondary N) is 1. The monoisotopic (exact) mass is 355 g/mol. The predicted molar refractivity (Wildman–Crippen MR) is 102 cm³/mol. The molecular formula is C19H23N4OS+. The maximum Gasteiger partial charge on any atom is 0.258 e. The number of hydrogen-bond donors (Lipinski definition) is 1. The molecule has 4 rings (SSSR count). The Morgan fingerprint density at radius 3 is 2.84 bits per heavy atom. The number of benzene rings is 1. The van der Waals surface area contributed by atoms with Crippen LogP contribution in [0.25, 0.3) is 4.96 Å². The molecule has 1 atom stereocenters. The van der Waals surface area contributed by atoms with E-state index in [9.17, 15) is 4.79 Å². The zero-order valence-electron chi connectivity index (χ0n) is 14.4. The molecule has 1 aromatic carbocycles. The van der Waals surface area contributed by atoms with Crippen LogP contribution >= 0.6 is 11.3 Å². The molecule has 1 aliphatic rings. The van der Waals surface area contributed by atoms with Gasteiger partial charge in [-0.2, -0.15) is 0 Å². The van der Waals surface area contributed by atoms with Gasteiger partial charge in [0.15, 0.2) is 4.96 Å². The van der Waals surface area contributed by atoms with E-state index in [1.807, 2.05) is 5.38 Å². The van der Waals surface area contributed by atoms with Gasteiger partial charge in [0.05, 0.1) is 7.05 Å². The van der Waals surface area contributed by atoms with Crippen LogP contribution in [0.5, 0.6) is 0 Å². The number of rotatable bonds is 5. The fourth-order valence-corrected chi connectivity index (χ4v) is 4.34. The van der Waals surface area contributed by atoms with Crippen molar-refractivity contribution in [2.75, 3.05) is 25.0 Å². The SMILES string of the molecule is C[NH+](Cc1cc(=O)n2ccsc2n1)Cc1ccccc1N1CCCC1. The Kier molecular flexibility index (Phi) is 4.55. The molecule has 0 radical (unpaired) electrons. The van der Waals surface area contributed by atoms with Crippen LogP contribution in [0.1, 0.15) is 24.1 Å². The smallest absolute Gasteiger partial charge is 0.258 e. The first-order valence-electron chi connectivity index (χ1n) is 8.80. The largest absolute Gasteiger partial charge is 0.371 e. The summed E-state index contributed by atoms with van der Waals surface area (Å²) in [6, 6.07) is 10.4. The zero-order chi connectivity index (χ0) is 17.2. The fraction of sp³-hybridized carbons (Fsp3) is 0.368. The molecule has 25 heavy (non-hydrogen) atoms. The zero-order valence-corrected chi connectivity index (χ0v) is 15.3. The number of anilines is 1. The van der Waals surface area contributed by atoms with Crippen molar-refractivity contribution in [2.45, 2.75) is 25.9 Å². The third-order valence-corrected chi connectivity index (χ3v) is 5.53. The lowest BCUT2D eigenvalue weighted by Crippen LogP contribution is -3.06. The summed E-state index contributed by atoms with van der Waals surface area (Å²) in [4.78, 5) is 21.4. The maximum absolute atomic E-state index is 12.1. The Morgan fingerprint density at radius 1 is 1.20 bits per heavy atom. The van der Waals surface area contributed by atoms with Gasteiger partial charge in [-0.05, 0) is 18.9 Å². The molecule has 1 saturated heterocycles. The minimum absolute atomic E-state index is 0.00603. The second kappa shape index (κ2) is 6.98. The summed E-state index contributed by atoms with van der Waals surface area (Å²) in [5.41, 5.74) is 3.60. The molecule has 0 aliphatic carbocycles. The van der Waals surface area contributed by atoms with E-state index in [0.29, 0.717) is 0 Å². The topological polar surface area (TPSA) is 42.1 Å². The highest BCUT2D eigenvalue weighted by molar-refractivity contribution is 7.15. The van der Waals surface area contributed by atoms with Crippen LogP contribution in [-0.4, -0.2) is 29.5 Å². The third-order valence-electron chi connectivity index (χ3n) is 4.77. The van der Waals surface area contributed by atoms with Crippen molar-refractivity contribution in [3.8, 4) is 0 Å². The quantitative estimate of drug-likeness (QED) is 0.755. The molecule has 2 aromatic heterocycles. The normalized spacial score (nSPS) is 15.8. The Balaban J connectivity index is 1.52. The Morgan fingerprint density at radius 2 is 2.00 bits per heavy atom. The van der Waals surface area contributed by atoms with Gasteiger partial charge in [-0.3, -0.25) is 9.20 Å². The average molecular weight is 355 g/mol. The summed E-state index contributed by atoms with van der Waals surface area (Å²) in [6.45, 7) is 3.99. The van der Waals surface area contributed by atoms with E-state index < -0.39 is 0 Å². The minimum Gasteiger partial charge on any atom is -0.371 e. The van der Waals surface area contributed by atoms with E-state index >= 15 is 0 Å². The fourth-order valence-electron chi connectivity index (χ4n) is 3.60. The molecule has 3 heterocycles. The summed E-state index contributed by atoms with van der Waals surface area (Å²) >= 11 is 1.50. The Bertz CT molecular complexity index is 926. The molecule has 1 unspecified atom stereocenters. The number of thiazole rings is 1. The number of fused-ring (bicyclic) bond motifs is 1. The van der Waals surface area contributed by atoms with Crippen molar-refractivity contribution in [3.63, 3.8) is 0 Å². The standard InChI is InChI=1S/C19H22N4OS/c1-21(14-16-12-18(24)23-10-11-25-19(23)20-16)13-15-6-2-3-7-17(15)22-8-4-5-9-22/h2-3,6-7,10-12H,4-5,8-9,13-14H2,1H3/p+1. The predicted octanol–water partition coefficient (Wildman–Crippen LogP) is 1.57. The molecule has 1 aliphatic heterocycles. The molecule has 3 aromatic rings. The van der Waals surface area contributed by atoms with Crippen LogP contribution < -0.4 is 15.4 Å². The molecule has 130 valence electrons. The van der Waals surface area contributed by atoms with E-state index in [1.165, 1.54) is 40.3 Å². The summed E-state index contributed by atoms with van der Waals surface area (Å²) in [6.07, 6.45) is 4.35. The highest BCUT2D eigenvalue weighted by Crippen LogP contribution is 2.23. The van der Waals surface area contributed by atoms with Crippen molar-refractivity contribution in [3.05, 3.63) is 63.5 Å². The first-order chi connectivity index (χ1) is 12.2. The number of quaternary nitrogens is 1. The number of aromatic nitrogens is 2. The summed E-state index contributed by atoms with van der Waals surface area (Å²) < 4.78 is 1.60. The summed E-state index contributed by atoms with van der Waals surface area (Å²) in [5.74, 6) is 0. The van der Waals surface area contributed by atoms with E-state index in [0.717, 1.165) is 36.8 Å². The molecule has 1 N–H and O–H groups in total. The van der Waals surface area contributed by atoms with Crippen molar-refractivity contribution in [1.29, 1.82) is 0 Å². The van der Waals surface area contributed by atoms with Gasteiger partial charge in [-0.15, -0.1) is 11.3 Å². The minimum atomic E-state index is 0.00603. The Hall–Kier alpha value is -2.18. The van der Waals surface area contributed by atoms with Crippen molar-refractivity contribution in [2.24, 2.45) is 0 Å². The van der Waals surface area contributed by atoms with Crippen LogP contribution in [0.4, 0.5) is 5.69 Å². The van der Waals surface area contributed by atoms with Crippen LogP contribution in [0, 0.1) is 0 Å². The van der Waals surface area contributed by atoms with Gasteiger partial charge in [0.1, 0.15) is 18.8 Å². The second-order valence-electron chi connectivity index (χ2n) is 6.77. The van der Waals surface area contributed by atoms with Crippen molar-refractivity contribution < 1.29 is 4.90 Å². The highest BCUT2D eigenvalue weighted by Gasteiger charge is 2.17. The summed E-state index contributed by atoms with van der Waals surface area (Å²) in [7, 11) is 2.17. The molecule has 6 heteroatoms. The molecule has 0 spiro atoms. The first-order valence-corrected chi connectivity index (χ1v) is 9.68. The molecular weight excluding hydrogens is 332 g/mol. The van der Waals surface area contributed by atoms with Crippen LogP contribution in [0.2, 0.25) is 0 Å². The number of nitrogens with zero attached hydrogens (tertiary/aromatic N) is 3. The summed E-state index contributed by atoms with van der Waals surface area (Å²) in [5, 5.41) is 1.90. The van der Waals surface area contributed by atoms with Gasteiger partial charge in [0.2, 0.25) is 0 Å². The second-order valence-corrected chi connectivity index (χ2v) is 7.65. The molecule has 0 amide bonds. The van der Waals surface area contributed by atoms with E-state index in [1.54, 1.807) is 16.7 Å². The van der Waals surface area contributed by atoms with Crippen LogP contribution in [0.15, 0.2) is 46.7 Å². The maximum atomic E-state index is 12.1. The average Bonchev–Trinajstić information content (AvgIpc) is 3.26. The first kappa shape index (κ1) is 16.3. The van der Waals surface area contributed by atoms with Crippen molar-refractivity contribution in [1.82, 2.24) is 9.38 Å². The van der Waals surface area contributed by atoms with Gasteiger partial charge >= 0.3 is 0 Å². The van der Waals surface area contributed by atoms with Gasteiger partial charge in [-0.25, -0.2) is 4.98 Å². The van der Waals surface area contributed by atoms with Crippen molar-refractivity contribution >= 4 is 22.0 Å². The van der Waals surface area contributed by atoms with E-state index in [4.69, 9.17) is 0 Å². The van der Waals surface area contributed by atoms with Gasteiger partial charge in [-0.1, -0.05) is 18.2 Å². The Labute approximate surface area is 151 Å². The lowest BCUT2D eigenvalue weighted by atomic mass is 10.1. The van der Waals surface area contributed by atoms with Crippen LogP contribution in [-0.2, 0) is 13.1 Å².